The molecule has 1 fully saturated rings. The molecule has 1 N–H and O–H groups in total. The average Bonchev–Trinajstić information content (AvgIpc) is 2.95. The lowest BCUT2D eigenvalue weighted by Crippen LogP contribution is -2.40. The van der Waals surface area contributed by atoms with Crippen molar-refractivity contribution in [2.24, 2.45) is 16.8 Å². The van der Waals surface area contributed by atoms with Crippen LogP contribution in [0.4, 0.5) is 4.39 Å². The first-order valence-corrected chi connectivity index (χ1v) is 8.32. The van der Waals surface area contributed by atoms with E-state index in [1.165, 1.54) is 13.2 Å². The maximum Gasteiger partial charge on any atom is 0.310 e. The summed E-state index contributed by atoms with van der Waals surface area (Å²) in [5, 5.41) is 3.25. The van der Waals surface area contributed by atoms with Crippen molar-refractivity contribution < 1.29 is 13.9 Å². The molecule has 1 aliphatic rings. The van der Waals surface area contributed by atoms with Crippen molar-refractivity contribution >= 4 is 35.9 Å². The van der Waals surface area contributed by atoms with Crippen LogP contribution in [0, 0.1) is 24.6 Å². The third-order valence-electron chi connectivity index (χ3n) is 4.40. The summed E-state index contributed by atoms with van der Waals surface area (Å²) < 4.78 is 18.5. The van der Waals surface area contributed by atoms with Gasteiger partial charge < -0.3 is 15.0 Å². The highest BCUT2D eigenvalue weighted by Crippen LogP contribution is 2.24. The summed E-state index contributed by atoms with van der Waals surface area (Å²) in [7, 11) is 1.42. The lowest BCUT2D eigenvalue weighted by atomic mass is 9.99. The zero-order valence-corrected chi connectivity index (χ0v) is 17.5. The van der Waals surface area contributed by atoms with E-state index >= 15 is 0 Å². The molecule has 1 saturated heterocycles. The summed E-state index contributed by atoms with van der Waals surface area (Å²) in [6.07, 6.45) is 0. The van der Waals surface area contributed by atoms with Crippen molar-refractivity contribution in [1.29, 1.82) is 0 Å². The Morgan fingerprint density at radius 1 is 1.44 bits per heavy atom. The molecule has 1 aromatic rings. The van der Waals surface area contributed by atoms with Gasteiger partial charge in [0.05, 0.1) is 19.6 Å². The summed E-state index contributed by atoms with van der Waals surface area (Å²) >= 11 is 0. The Morgan fingerprint density at radius 2 is 2.16 bits per heavy atom. The highest BCUT2D eigenvalue weighted by atomic mass is 127. The van der Waals surface area contributed by atoms with Crippen LogP contribution in [0.3, 0.4) is 0 Å². The number of aliphatic imine (C=N–C) groups is 1. The third-order valence-corrected chi connectivity index (χ3v) is 4.40. The fourth-order valence-electron chi connectivity index (χ4n) is 2.92. The van der Waals surface area contributed by atoms with Crippen LogP contribution < -0.4 is 5.32 Å². The molecule has 0 saturated carbocycles. The zero-order valence-electron chi connectivity index (χ0n) is 15.2. The molecule has 0 aliphatic carbocycles. The quantitative estimate of drug-likeness (QED) is 0.323. The van der Waals surface area contributed by atoms with Gasteiger partial charge in [-0.3, -0.25) is 4.79 Å². The van der Waals surface area contributed by atoms with Gasteiger partial charge in [0.15, 0.2) is 5.96 Å². The summed E-state index contributed by atoms with van der Waals surface area (Å²) in [5.41, 5.74) is 1.45. The van der Waals surface area contributed by atoms with Gasteiger partial charge >= 0.3 is 5.97 Å². The first kappa shape index (κ1) is 21.7. The molecule has 0 amide bonds. The first-order valence-electron chi connectivity index (χ1n) is 8.32. The van der Waals surface area contributed by atoms with E-state index < -0.39 is 0 Å². The van der Waals surface area contributed by atoms with E-state index in [-0.39, 0.29) is 47.6 Å². The van der Waals surface area contributed by atoms with E-state index in [1.807, 2.05) is 19.9 Å². The number of rotatable bonds is 4. The lowest BCUT2D eigenvalue weighted by molar-refractivity contribution is -0.145. The number of ether oxygens (including phenoxy) is 1. The van der Waals surface area contributed by atoms with Crippen LogP contribution in [0.2, 0.25) is 0 Å². The van der Waals surface area contributed by atoms with Gasteiger partial charge in [0.2, 0.25) is 0 Å². The largest absolute Gasteiger partial charge is 0.469 e. The number of hydrogen-bond donors (Lipinski definition) is 1. The molecule has 0 bridgehead atoms. The van der Waals surface area contributed by atoms with E-state index in [0.717, 1.165) is 24.6 Å². The number of carbonyl (C=O) groups is 1. The number of aryl methyl sites for hydroxylation is 1. The Kier molecular flexibility index (Phi) is 8.61. The molecule has 2 unspecified atom stereocenters. The lowest BCUT2D eigenvalue weighted by Gasteiger charge is -2.21. The van der Waals surface area contributed by atoms with Crippen LogP contribution in [-0.4, -0.2) is 43.6 Å². The van der Waals surface area contributed by atoms with Crippen molar-refractivity contribution in [3.63, 3.8) is 0 Å². The van der Waals surface area contributed by atoms with Crippen molar-refractivity contribution in [1.82, 2.24) is 10.2 Å². The summed E-state index contributed by atoms with van der Waals surface area (Å²) in [5.74, 6) is 0.417. The van der Waals surface area contributed by atoms with Crippen LogP contribution in [0.5, 0.6) is 0 Å². The topological polar surface area (TPSA) is 53.9 Å². The normalized spacial score (nSPS) is 20.2. The third kappa shape index (κ3) is 5.55. The summed E-state index contributed by atoms with van der Waals surface area (Å²) in [6, 6.07) is 5.17. The smallest absolute Gasteiger partial charge is 0.310 e. The number of esters is 1. The van der Waals surface area contributed by atoms with Gasteiger partial charge in [-0.05, 0) is 37.0 Å². The van der Waals surface area contributed by atoms with Crippen LogP contribution in [0.15, 0.2) is 23.2 Å². The fourth-order valence-corrected chi connectivity index (χ4v) is 2.92. The molecule has 1 aromatic carbocycles. The minimum Gasteiger partial charge on any atom is -0.469 e. The monoisotopic (exact) mass is 463 g/mol. The van der Waals surface area contributed by atoms with Gasteiger partial charge in [0.25, 0.3) is 0 Å². The molecule has 25 heavy (non-hydrogen) atoms. The van der Waals surface area contributed by atoms with E-state index in [9.17, 15) is 9.18 Å². The number of benzene rings is 1. The van der Waals surface area contributed by atoms with E-state index in [2.05, 4.69) is 15.2 Å². The molecule has 140 valence electrons. The zero-order chi connectivity index (χ0) is 17.7. The van der Waals surface area contributed by atoms with Gasteiger partial charge in [-0.2, -0.15) is 0 Å². The van der Waals surface area contributed by atoms with Crippen molar-refractivity contribution in [2.45, 2.75) is 27.3 Å². The van der Waals surface area contributed by atoms with Crippen molar-refractivity contribution in [2.75, 3.05) is 26.7 Å². The minimum atomic E-state index is -0.215. The molecule has 0 spiro atoms. The van der Waals surface area contributed by atoms with Crippen molar-refractivity contribution in [3.05, 3.63) is 35.1 Å². The van der Waals surface area contributed by atoms with Gasteiger partial charge in [-0.25, -0.2) is 9.38 Å². The minimum absolute atomic E-state index is 0. The fraction of sp³-hybridized carbons (Fsp3) is 0.556. The predicted molar refractivity (Wildman–Crippen MR) is 108 cm³/mol. The highest BCUT2D eigenvalue weighted by molar-refractivity contribution is 14.0. The number of halogens is 2. The number of carbonyl (C=O) groups excluding carboxylic acids is 1. The first-order chi connectivity index (χ1) is 11.5. The molecule has 2 atom stereocenters. The number of guanidine groups is 1. The Morgan fingerprint density at radius 3 is 2.76 bits per heavy atom. The van der Waals surface area contributed by atoms with Crippen LogP contribution >= 0.6 is 24.0 Å². The Hall–Kier alpha value is -1.38. The molecule has 0 aromatic heterocycles. The number of methoxy groups -OCH3 is 1. The Balaban J connectivity index is 0.00000312. The molecular weight excluding hydrogens is 436 g/mol. The summed E-state index contributed by atoms with van der Waals surface area (Å²) in [6.45, 7) is 8.24. The number of nitrogens with zero attached hydrogens (tertiary/aromatic N) is 2. The Bertz CT molecular complexity index is 624. The predicted octanol–water partition coefficient (Wildman–Crippen LogP) is 2.96. The second-order valence-electron chi connectivity index (χ2n) is 6.27. The van der Waals surface area contributed by atoms with Gasteiger partial charge in [-0.1, -0.05) is 19.1 Å². The van der Waals surface area contributed by atoms with E-state index in [4.69, 9.17) is 4.74 Å². The molecule has 1 heterocycles. The molecule has 0 radical (unpaired) electrons. The molecular formula is C18H27FIN3O2. The van der Waals surface area contributed by atoms with Crippen LogP contribution in [-0.2, 0) is 16.1 Å². The molecule has 2 rings (SSSR count). The maximum absolute atomic E-state index is 13.7. The van der Waals surface area contributed by atoms with Crippen molar-refractivity contribution in [3.8, 4) is 0 Å². The second kappa shape index (κ2) is 9.94. The average molecular weight is 463 g/mol. The highest BCUT2D eigenvalue weighted by Gasteiger charge is 2.36. The number of hydrogen-bond acceptors (Lipinski definition) is 3. The van der Waals surface area contributed by atoms with Crippen LogP contribution in [0.1, 0.15) is 25.0 Å². The summed E-state index contributed by atoms with van der Waals surface area (Å²) in [4.78, 5) is 18.5. The molecule has 7 heteroatoms. The van der Waals surface area contributed by atoms with E-state index in [1.54, 1.807) is 13.0 Å². The van der Waals surface area contributed by atoms with Crippen LogP contribution in [0.25, 0.3) is 0 Å². The Labute approximate surface area is 166 Å². The van der Waals surface area contributed by atoms with E-state index in [0.29, 0.717) is 18.7 Å². The standard InChI is InChI=1S/C18H26FN3O2.HI/c1-5-20-18(21-9-14-7-6-12(2)16(19)8-14)22-10-13(3)15(11-22)17(23)24-4;/h6-8,13,15H,5,9-11H2,1-4H3,(H,20,21);1H. The van der Waals surface area contributed by atoms with Gasteiger partial charge in [0, 0.05) is 19.6 Å². The van der Waals surface area contributed by atoms with Gasteiger partial charge in [0.1, 0.15) is 5.82 Å². The maximum atomic E-state index is 13.7. The SMILES string of the molecule is CCNC(=NCc1ccc(C)c(F)c1)N1CC(C)C(C(=O)OC)C1.I. The number of nitrogens with one attached hydrogen (secondary N) is 1. The second-order valence-corrected chi connectivity index (χ2v) is 6.27. The molecule has 5 nitrogen and oxygen atoms in total. The van der Waals surface area contributed by atoms with Gasteiger partial charge in [-0.15, -0.1) is 24.0 Å². The molecule has 1 aliphatic heterocycles. The number of likely N-dealkylation sites (tertiary alicyclic amines) is 1.